The van der Waals surface area contributed by atoms with Crippen molar-refractivity contribution in [2.75, 3.05) is 6.54 Å². The fraction of sp³-hybridized carbons (Fsp3) is 0.250. The number of rotatable bonds is 2. The molecule has 0 fully saturated rings. The summed E-state index contributed by atoms with van der Waals surface area (Å²) >= 11 is 0. The average Bonchev–Trinajstić information content (AvgIpc) is 2.88. The lowest BCUT2D eigenvalue weighted by Gasteiger charge is -2.28. The second-order valence-corrected chi connectivity index (χ2v) is 6.37. The number of amides is 1. The van der Waals surface area contributed by atoms with E-state index in [9.17, 15) is 9.18 Å². The number of carbonyl (C=O) groups is 1. The van der Waals surface area contributed by atoms with E-state index in [4.69, 9.17) is 0 Å². The summed E-state index contributed by atoms with van der Waals surface area (Å²) in [5, 5.41) is 1.22. The van der Waals surface area contributed by atoms with Crippen LogP contribution in [-0.4, -0.2) is 21.9 Å². The third-order valence-electron chi connectivity index (χ3n) is 4.91. The topological polar surface area (TPSA) is 25.2 Å². The van der Waals surface area contributed by atoms with Crippen molar-refractivity contribution in [3.8, 4) is 0 Å². The van der Waals surface area contributed by atoms with E-state index >= 15 is 0 Å². The molecule has 0 bridgehead atoms. The number of carbonyl (C=O) groups excluding carboxylic acids is 1. The van der Waals surface area contributed by atoms with Gasteiger partial charge in [0.25, 0.3) is 0 Å². The summed E-state index contributed by atoms with van der Waals surface area (Å²) in [4.78, 5) is 14.5. The van der Waals surface area contributed by atoms with Crippen LogP contribution < -0.4 is 0 Å². The largest absolute Gasteiger partial charge is 0.347 e. The molecule has 1 aromatic heterocycles. The molecule has 0 N–H and O–H groups in total. The zero-order valence-corrected chi connectivity index (χ0v) is 13.6. The molecular weight excluding hydrogens is 303 g/mol. The third-order valence-corrected chi connectivity index (χ3v) is 4.91. The highest BCUT2D eigenvalue weighted by atomic mass is 19.1. The normalized spacial score (nSPS) is 14.0. The van der Waals surface area contributed by atoms with Gasteiger partial charge in [0.05, 0.1) is 6.42 Å². The van der Waals surface area contributed by atoms with Gasteiger partial charge in [0.1, 0.15) is 5.82 Å². The van der Waals surface area contributed by atoms with Crippen molar-refractivity contribution in [2.24, 2.45) is 7.05 Å². The molecule has 4 rings (SSSR count). The highest BCUT2D eigenvalue weighted by Gasteiger charge is 2.25. The van der Waals surface area contributed by atoms with Crippen molar-refractivity contribution in [2.45, 2.75) is 19.4 Å². The Morgan fingerprint density at radius 1 is 1.17 bits per heavy atom. The molecule has 0 aliphatic carbocycles. The minimum absolute atomic E-state index is 0.0548. The fourth-order valence-corrected chi connectivity index (χ4v) is 3.68. The molecule has 122 valence electrons. The summed E-state index contributed by atoms with van der Waals surface area (Å²) in [6, 6.07) is 14.6. The Balaban J connectivity index is 1.60. The molecule has 0 saturated carbocycles. The van der Waals surface area contributed by atoms with Crippen LogP contribution in [0.1, 0.15) is 16.8 Å². The standard InChI is InChI=1S/C20H19FN2O/c1-22-18-8-3-2-7-16(18)17-13-23(10-9-19(17)22)20(24)12-14-5-4-6-15(21)11-14/h2-8,11H,9-10,12-13H2,1H3. The minimum Gasteiger partial charge on any atom is -0.347 e. The Bertz CT molecular complexity index is 929. The molecule has 3 aromatic rings. The lowest BCUT2D eigenvalue weighted by atomic mass is 10.0. The van der Waals surface area contributed by atoms with E-state index in [1.807, 2.05) is 17.0 Å². The second-order valence-electron chi connectivity index (χ2n) is 6.37. The number of para-hydroxylation sites is 1. The van der Waals surface area contributed by atoms with Crippen LogP contribution in [0, 0.1) is 5.82 Å². The average molecular weight is 322 g/mol. The van der Waals surface area contributed by atoms with Crippen molar-refractivity contribution in [3.05, 3.63) is 71.2 Å². The number of nitrogens with zero attached hydrogens (tertiary/aromatic N) is 2. The highest BCUT2D eigenvalue weighted by molar-refractivity contribution is 5.87. The van der Waals surface area contributed by atoms with Crippen molar-refractivity contribution in [1.82, 2.24) is 9.47 Å². The number of aromatic nitrogens is 1. The first kappa shape index (κ1) is 14.9. The molecule has 24 heavy (non-hydrogen) atoms. The molecule has 4 heteroatoms. The zero-order valence-electron chi connectivity index (χ0n) is 13.6. The first-order chi connectivity index (χ1) is 11.6. The number of hydrogen-bond donors (Lipinski definition) is 0. The Kier molecular flexibility index (Phi) is 3.60. The second kappa shape index (κ2) is 5.78. The van der Waals surface area contributed by atoms with E-state index in [1.54, 1.807) is 12.1 Å². The molecule has 1 aliphatic rings. The van der Waals surface area contributed by atoms with Crippen LogP contribution in [0.15, 0.2) is 48.5 Å². The summed E-state index contributed by atoms with van der Waals surface area (Å²) in [7, 11) is 2.09. The molecule has 1 aliphatic heterocycles. The maximum Gasteiger partial charge on any atom is 0.227 e. The van der Waals surface area contributed by atoms with Crippen LogP contribution in [-0.2, 0) is 31.2 Å². The quantitative estimate of drug-likeness (QED) is 0.709. The number of hydrogen-bond acceptors (Lipinski definition) is 1. The number of aryl methyl sites for hydroxylation is 1. The predicted octanol–water partition coefficient (Wildman–Crippen LogP) is 3.44. The van der Waals surface area contributed by atoms with Crippen LogP contribution in [0.3, 0.4) is 0 Å². The Morgan fingerprint density at radius 2 is 2.00 bits per heavy atom. The molecule has 2 heterocycles. The van der Waals surface area contributed by atoms with Crippen LogP contribution in [0.5, 0.6) is 0 Å². The molecule has 2 aromatic carbocycles. The lowest BCUT2D eigenvalue weighted by Crippen LogP contribution is -2.37. The van der Waals surface area contributed by atoms with Gasteiger partial charge in [-0.3, -0.25) is 4.79 Å². The van der Waals surface area contributed by atoms with E-state index < -0.39 is 0 Å². The van der Waals surface area contributed by atoms with Crippen LogP contribution in [0.2, 0.25) is 0 Å². The summed E-state index contributed by atoms with van der Waals surface area (Å²) < 4.78 is 15.5. The van der Waals surface area contributed by atoms with Gasteiger partial charge < -0.3 is 9.47 Å². The van der Waals surface area contributed by atoms with Gasteiger partial charge in [-0.2, -0.15) is 0 Å². The smallest absolute Gasteiger partial charge is 0.227 e. The van der Waals surface area contributed by atoms with Gasteiger partial charge in [0, 0.05) is 48.7 Å². The maximum absolute atomic E-state index is 13.3. The summed E-state index contributed by atoms with van der Waals surface area (Å²) in [6.07, 6.45) is 1.10. The van der Waals surface area contributed by atoms with Gasteiger partial charge in [-0.15, -0.1) is 0 Å². The van der Waals surface area contributed by atoms with Crippen LogP contribution >= 0.6 is 0 Å². The summed E-state index contributed by atoms with van der Waals surface area (Å²) in [6.45, 7) is 1.34. The number of benzene rings is 2. The summed E-state index contributed by atoms with van der Waals surface area (Å²) in [5.41, 5.74) is 4.49. The fourth-order valence-electron chi connectivity index (χ4n) is 3.68. The Hall–Kier alpha value is -2.62. The molecule has 0 atom stereocenters. The van der Waals surface area contributed by atoms with E-state index in [-0.39, 0.29) is 18.1 Å². The molecule has 0 radical (unpaired) electrons. The van der Waals surface area contributed by atoms with E-state index in [0.29, 0.717) is 13.1 Å². The van der Waals surface area contributed by atoms with Crippen molar-refractivity contribution in [3.63, 3.8) is 0 Å². The maximum atomic E-state index is 13.3. The minimum atomic E-state index is -0.296. The first-order valence-electron chi connectivity index (χ1n) is 8.21. The van der Waals surface area contributed by atoms with Gasteiger partial charge in [-0.25, -0.2) is 4.39 Å². The van der Waals surface area contributed by atoms with Crippen molar-refractivity contribution in [1.29, 1.82) is 0 Å². The van der Waals surface area contributed by atoms with Crippen LogP contribution in [0.4, 0.5) is 4.39 Å². The highest BCUT2D eigenvalue weighted by Crippen LogP contribution is 2.30. The number of fused-ring (bicyclic) bond motifs is 3. The first-order valence-corrected chi connectivity index (χ1v) is 8.21. The van der Waals surface area contributed by atoms with E-state index in [2.05, 4.69) is 23.7 Å². The molecule has 0 unspecified atom stereocenters. The van der Waals surface area contributed by atoms with E-state index in [1.165, 1.54) is 34.3 Å². The monoisotopic (exact) mass is 322 g/mol. The SMILES string of the molecule is Cn1c2c(c3ccccc31)CN(C(=O)Cc1cccc(F)c1)CC2. The van der Waals surface area contributed by atoms with Gasteiger partial charge in [0.15, 0.2) is 0 Å². The van der Waals surface area contributed by atoms with Gasteiger partial charge in [-0.1, -0.05) is 30.3 Å². The Labute approximate surface area is 140 Å². The Morgan fingerprint density at radius 3 is 2.83 bits per heavy atom. The molecule has 0 spiro atoms. The van der Waals surface area contributed by atoms with Crippen molar-refractivity contribution >= 4 is 16.8 Å². The third kappa shape index (κ3) is 2.48. The molecule has 3 nitrogen and oxygen atoms in total. The van der Waals surface area contributed by atoms with Gasteiger partial charge in [-0.05, 0) is 23.8 Å². The zero-order chi connectivity index (χ0) is 16.7. The van der Waals surface area contributed by atoms with Crippen LogP contribution in [0.25, 0.3) is 10.9 Å². The van der Waals surface area contributed by atoms with E-state index in [0.717, 1.165) is 12.0 Å². The van der Waals surface area contributed by atoms with Gasteiger partial charge >= 0.3 is 0 Å². The molecule has 0 saturated heterocycles. The molecule has 1 amide bonds. The predicted molar refractivity (Wildman–Crippen MR) is 92.1 cm³/mol. The number of halogens is 1. The lowest BCUT2D eigenvalue weighted by molar-refractivity contribution is -0.131. The molecular formula is C20H19FN2O. The van der Waals surface area contributed by atoms with Crippen molar-refractivity contribution < 1.29 is 9.18 Å². The summed E-state index contributed by atoms with van der Waals surface area (Å²) in [5.74, 6) is -0.241. The van der Waals surface area contributed by atoms with Gasteiger partial charge in [0.2, 0.25) is 5.91 Å².